The van der Waals surface area contributed by atoms with Crippen molar-refractivity contribution in [2.75, 3.05) is 31.2 Å². The second-order valence-electron chi connectivity index (χ2n) is 13.9. The minimum absolute atomic E-state index is 0.0697. The maximum absolute atomic E-state index is 14.1. The number of nitrogens with zero attached hydrogens (tertiary/aromatic N) is 3. The number of alkyl halides is 3. The van der Waals surface area contributed by atoms with Crippen LogP contribution in [0.1, 0.15) is 62.5 Å². The SMILES string of the molecule is O=C(CN1CN(c2ccccc2)C2(CCN(C(=O)C34CC5CC(CC(C5)C3)C4)CC2)C1=O)NCc1cccc(C(F)(F)F)c1. The minimum atomic E-state index is -4.47. The molecule has 0 atom stereocenters. The van der Waals surface area contributed by atoms with Gasteiger partial charge in [0, 0.05) is 25.3 Å². The highest BCUT2D eigenvalue weighted by atomic mass is 19.4. The van der Waals surface area contributed by atoms with E-state index in [0.717, 1.165) is 37.1 Å². The largest absolute Gasteiger partial charge is 0.416 e. The van der Waals surface area contributed by atoms with E-state index in [4.69, 9.17) is 0 Å². The van der Waals surface area contributed by atoms with Gasteiger partial charge in [-0.25, -0.2) is 0 Å². The van der Waals surface area contributed by atoms with Gasteiger partial charge in [-0.1, -0.05) is 30.3 Å². The molecule has 44 heavy (non-hydrogen) atoms. The predicted octanol–water partition coefficient (Wildman–Crippen LogP) is 5.21. The van der Waals surface area contributed by atoms with Gasteiger partial charge in [-0.15, -0.1) is 0 Å². The van der Waals surface area contributed by atoms with E-state index in [1.165, 1.54) is 36.3 Å². The molecule has 7 nitrogen and oxygen atoms in total. The lowest BCUT2D eigenvalue weighted by molar-refractivity contribution is -0.160. The Hall–Kier alpha value is -3.56. The Morgan fingerprint density at radius 1 is 0.886 bits per heavy atom. The molecule has 2 saturated heterocycles. The molecule has 2 aliphatic heterocycles. The number of hydrogen-bond donors (Lipinski definition) is 1. The average molecular weight is 609 g/mol. The summed E-state index contributed by atoms with van der Waals surface area (Å²) in [6.45, 7) is 0.970. The molecule has 2 aromatic rings. The third-order valence-electron chi connectivity index (χ3n) is 11.0. The van der Waals surface area contributed by atoms with E-state index in [9.17, 15) is 27.6 Å². The van der Waals surface area contributed by atoms with Crippen LogP contribution in [0.15, 0.2) is 54.6 Å². The van der Waals surface area contributed by atoms with E-state index >= 15 is 0 Å². The number of anilines is 1. The van der Waals surface area contributed by atoms with Crippen molar-refractivity contribution in [2.45, 2.75) is 69.6 Å². The van der Waals surface area contributed by atoms with Crippen molar-refractivity contribution < 1.29 is 27.6 Å². The number of amides is 3. The summed E-state index contributed by atoms with van der Waals surface area (Å²) in [7, 11) is 0. The Morgan fingerprint density at radius 3 is 2.14 bits per heavy atom. The molecule has 4 bridgehead atoms. The molecule has 6 fully saturated rings. The standard InChI is InChI=1S/C34H39F3N4O3/c35-34(36,37)27-6-4-5-23(16-27)20-38-29(42)21-40-22-41(28-7-2-1-3-8-28)33(31(40)44)9-11-39(12-10-33)30(43)32-17-24-13-25(18-32)15-26(14-24)19-32/h1-8,16,24-26H,9-15,17-22H2,(H,38,42). The van der Waals surface area contributed by atoms with Crippen LogP contribution in [0.3, 0.4) is 0 Å². The van der Waals surface area contributed by atoms with Crippen LogP contribution >= 0.6 is 0 Å². The van der Waals surface area contributed by atoms with E-state index in [2.05, 4.69) is 10.2 Å². The Morgan fingerprint density at radius 2 is 1.52 bits per heavy atom. The monoisotopic (exact) mass is 608 g/mol. The fourth-order valence-corrected chi connectivity index (χ4v) is 9.40. The summed E-state index contributed by atoms with van der Waals surface area (Å²) in [5, 5.41) is 2.68. The molecule has 0 radical (unpaired) electrons. The Labute approximate surface area is 255 Å². The van der Waals surface area contributed by atoms with Gasteiger partial charge in [-0.05, 0) is 98.9 Å². The van der Waals surface area contributed by atoms with Crippen LogP contribution in [0.2, 0.25) is 0 Å². The second kappa shape index (κ2) is 10.8. The molecule has 1 spiro atoms. The summed E-state index contributed by atoms with van der Waals surface area (Å²) in [5.41, 5.74) is -0.636. The van der Waals surface area contributed by atoms with Crippen molar-refractivity contribution in [1.29, 1.82) is 0 Å². The molecule has 8 rings (SSSR count). The fourth-order valence-electron chi connectivity index (χ4n) is 9.40. The van der Waals surface area contributed by atoms with Crippen LogP contribution in [0.5, 0.6) is 0 Å². The topological polar surface area (TPSA) is 73.0 Å². The first-order valence-corrected chi connectivity index (χ1v) is 15.9. The van der Waals surface area contributed by atoms with Crippen molar-refractivity contribution in [3.63, 3.8) is 0 Å². The van der Waals surface area contributed by atoms with Crippen LogP contribution in [-0.4, -0.2) is 59.4 Å². The van der Waals surface area contributed by atoms with Crippen molar-refractivity contribution in [3.05, 3.63) is 65.7 Å². The number of hydrogen-bond acceptors (Lipinski definition) is 4. The molecule has 2 aromatic carbocycles. The van der Waals surface area contributed by atoms with Crippen molar-refractivity contribution in [1.82, 2.24) is 15.1 Å². The van der Waals surface area contributed by atoms with Gasteiger partial charge in [0.25, 0.3) is 5.91 Å². The summed E-state index contributed by atoms with van der Waals surface area (Å²) in [4.78, 5) is 46.7. The van der Waals surface area contributed by atoms with Crippen molar-refractivity contribution in [2.24, 2.45) is 23.2 Å². The van der Waals surface area contributed by atoms with Crippen LogP contribution in [0.4, 0.5) is 18.9 Å². The second-order valence-corrected chi connectivity index (χ2v) is 13.9. The van der Waals surface area contributed by atoms with E-state index in [-0.39, 0.29) is 37.0 Å². The van der Waals surface area contributed by atoms with Crippen LogP contribution in [0, 0.1) is 23.2 Å². The summed E-state index contributed by atoms with van der Waals surface area (Å²) in [6.07, 6.45) is 3.38. The number of carbonyl (C=O) groups is 3. The number of halogens is 3. The first-order chi connectivity index (χ1) is 21.0. The van der Waals surface area contributed by atoms with Gasteiger partial charge in [-0.3, -0.25) is 14.4 Å². The average Bonchev–Trinajstić information content (AvgIpc) is 3.25. The summed E-state index contributed by atoms with van der Waals surface area (Å²) in [6, 6.07) is 14.5. The molecule has 0 unspecified atom stereocenters. The number of likely N-dealkylation sites (tertiary alicyclic amines) is 1. The number of para-hydroxylation sites is 1. The number of rotatable bonds is 6. The Balaban J connectivity index is 1.04. The number of carbonyl (C=O) groups excluding carboxylic acids is 3. The quantitative estimate of drug-likeness (QED) is 0.489. The van der Waals surface area contributed by atoms with E-state index in [1.807, 2.05) is 35.2 Å². The van der Waals surface area contributed by atoms with Gasteiger partial charge in [0.15, 0.2) is 0 Å². The van der Waals surface area contributed by atoms with Crippen LogP contribution < -0.4 is 10.2 Å². The zero-order chi connectivity index (χ0) is 30.7. The van der Waals surface area contributed by atoms with Gasteiger partial charge >= 0.3 is 6.18 Å². The van der Waals surface area contributed by atoms with Gasteiger partial charge in [0.2, 0.25) is 11.8 Å². The summed E-state index contributed by atoms with van der Waals surface area (Å²) in [5.74, 6) is 1.75. The zero-order valence-corrected chi connectivity index (χ0v) is 24.8. The molecule has 2 heterocycles. The maximum atomic E-state index is 14.1. The highest BCUT2D eigenvalue weighted by Gasteiger charge is 2.58. The Bertz CT molecular complexity index is 1400. The zero-order valence-electron chi connectivity index (χ0n) is 24.8. The van der Waals surface area contributed by atoms with Gasteiger partial charge < -0.3 is 20.0 Å². The van der Waals surface area contributed by atoms with Crippen molar-refractivity contribution >= 4 is 23.4 Å². The number of nitrogens with one attached hydrogen (secondary N) is 1. The van der Waals surface area contributed by atoms with Crippen molar-refractivity contribution in [3.8, 4) is 0 Å². The highest BCUT2D eigenvalue weighted by molar-refractivity contribution is 5.96. The lowest BCUT2D eigenvalue weighted by Crippen LogP contribution is -2.61. The molecule has 4 saturated carbocycles. The van der Waals surface area contributed by atoms with E-state index in [1.54, 1.807) is 0 Å². The third-order valence-corrected chi connectivity index (χ3v) is 11.0. The molecule has 4 aliphatic carbocycles. The lowest BCUT2D eigenvalue weighted by atomic mass is 9.49. The molecule has 0 aromatic heterocycles. The highest BCUT2D eigenvalue weighted by Crippen LogP contribution is 2.60. The predicted molar refractivity (Wildman–Crippen MR) is 158 cm³/mol. The molecule has 6 aliphatic rings. The van der Waals surface area contributed by atoms with Gasteiger partial charge in [-0.2, -0.15) is 13.2 Å². The molecule has 10 heteroatoms. The third kappa shape index (κ3) is 5.13. The van der Waals surface area contributed by atoms with Crippen LogP contribution in [0.25, 0.3) is 0 Å². The smallest absolute Gasteiger partial charge is 0.350 e. The van der Waals surface area contributed by atoms with Gasteiger partial charge in [0.05, 0.1) is 17.6 Å². The van der Waals surface area contributed by atoms with Crippen LogP contribution in [-0.2, 0) is 27.1 Å². The molecule has 3 amide bonds. The fraction of sp³-hybridized carbons (Fsp3) is 0.559. The first kappa shape index (κ1) is 29.2. The Kier molecular flexibility index (Phi) is 7.16. The number of piperidine rings is 1. The summed E-state index contributed by atoms with van der Waals surface area (Å²) < 4.78 is 39.3. The molecular formula is C34H39F3N4O3. The number of benzene rings is 2. The summed E-state index contributed by atoms with van der Waals surface area (Å²) >= 11 is 0. The van der Waals surface area contributed by atoms with Gasteiger partial charge in [0.1, 0.15) is 12.1 Å². The van der Waals surface area contributed by atoms with E-state index < -0.39 is 23.2 Å². The first-order valence-electron chi connectivity index (χ1n) is 15.9. The normalized spacial score (nSPS) is 29.0. The lowest BCUT2D eigenvalue weighted by Gasteiger charge is -2.57. The molecule has 234 valence electrons. The van der Waals surface area contributed by atoms with E-state index in [0.29, 0.717) is 49.2 Å². The molecule has 1 N–H and O–H groups in total. The molecular weight excluding hydrogens is 569 g/mol. The maximum Gasteiger partial charge on any atom is 0.416 e. The minimum Gasteiger partial charge on any atom is -0.350 e.